The van der Waals surface area contributed by atoms with Crippen LogP contribution in [0.1, 0.15) is 11.1 Å². The van der Waals surface area contributed by atoms with Crippen LogP contribution in [0.5, 0.6) is 5.75 Å². The van der Waals surface area contributed by atoms with Gasteiger partial charge in [0.05, 0.1) is 7.11 Å². The standard InChI is InChI=1S/C11H13BrO3/c1-7-3-4-10(15-2)8(5-7)6-9(12)11(13)14/h3-5,9H,6H2,1-2H3,(H,13,14)/t9-/m1/s1. The summed E-state index contributed by atoms with van der Waals surface area (Å²) in [5.41, 5.74) is 2.00. The Hall–Kier alpha value is -1.03. The van der Waals surface area contributed by atoms with E-state index >= 15 is 0 Å². The number of hydrogen-bond donors (Lipinski definition) is 1. The Morgan fingerprint density at radius 3 is 2.80 bits per heavy atom. The Bertz CT molecular complexity index is 363. The molecule has 0 spiro atoms. The summed E-state index contributed by atoms with van der Waals surface area (Å²) in [5.74, 6) is -0.134. The molecule has 0 heterocycles. The van der Waals surface area contributed by atoms with Crippen LogP contribution in [0, 0.1) is 6.92 Å². The first kappa shape index (κ1) is 12.0. The molecule has 82 valence electrons. The number of alkyl halides is 1. The second-order valence-corrected chi connectivity index (χ2v) is 4.43. The maximum atomic E-state index is 10.7. The maximum Gasteiger partial charge on any atom is 0.317 e. The van der Waals surface area contributed by atoms with Crippen molar-refractivity contribution in [1.29, 1.82) is 0 Å². The van der Waals surface area contributed by atoms with Crippen molar-refractivity contribution in [3.8, 4) is 5.75 Å². The minimum absolute atomic E-state index is 0.417. The number of carboxylic acid groups (broad SMARTS) is 1. The van der Waals surface area contributed by atoms with Gasteiger partial charge in [-0.3, -0.25) is 4.79 Å². The van der Waals surface area contributed by atoms with Crippen LogP contribution < -0.4 is 4.74 Å². The van der Waals surface area contributed by atoms with Gasteiger partial charge >= 0.3 is 5.97 Å². The lowest BCUT2D eigenvalue weighted by atomic mass is 10.1. The van der Waals surface area contributed by atoms with E-state index in [0.29, 0.717) is 6.42 Å². The highest BCUT2D eigenvalue weighted by Gasteiger charge is 2.16. The van der Waals surface area contributed by atoms with Gasteiger partial charge in [0.1, 0.15) is 10.6 Å². The molecule has 0 aromatic heterocycles. The lowest BCUT2D eigenvalue weighted by molar-refractivity contribution is -0.136. The number of aliphatic carboxylic acids is 1. The van der Waals surface area contributed by atoms with Crippen molar-refractivity contribution >= 4 is 21.9 Å². The van der Waals surface area contributed by atoms with Crippen LogP contribution in [0.25, 0.3) is 0 Å². The quantitative estimate of drug-likeness (QED) is 0.857. The van der Waals surface area contributed by atoms with E-state index in [2.05, 4.69) is 15.9 Å². The van der Waals surface area contributed by atoms with Crippen LogP contribution in [0.2, 0.25) is 0 Å². The number of carboxylic acids is 1. The zero-order valence-electron chi connectivity index (χ0n) is 8.66. The van der Waals surface area contributed by atoms with Gasteiger partial charge in [-0.15, -0.1) is 0 Å². The first-order chi connectivity index (χ1) is 7.04. The first-order valence-electron chi connectivity index (χ1n) is 4.55. The molecule has 1 atom stereocenters. The van der Waals surface area contributed by atoms with Crippen molar-refractivity contribution in [2.24, 2.45) is 0 Å². The highest BCUT2D eigenvalue weighted by Crippen LogP contribution is 2.23. The summed E-state index contributed by atoms with van der Waals surface area (Å²) in [5, 5.41) is 8.79. The molecule has 0 amide bonds. The average Bonchev–Trinajstić information content (AvgIpc) is 2.18. The summed E-state index contributed by atoms with van der Waals surface area (Å²) in [4.78, 5) is 10.1. The van der Waals surface area contributed by atoms with E-state index in [1.165, 1.54) is 0 Å². The molecule has 3 nitrogen and oxygen atoms in total. The lowest BCUT2D eigenvalue weighted by Crippen LogP contribution is -2.15. The third-order valence-corrected chi connectivity index (χ3v) is 2.82. The molecule has 15 heavy (non-hydrogen) atoms. The SMILES string of the molecule is COc1ccc(C)cc1C[C@@H](Br)C(=O)O. The molecular weight excluding hydrogens is 260 g/mol. The van der Waals surface area contributed by atoms with Crippen molar-refractivity contribution in [3.63, 3.8) is 0 Å². The fraction of sp³-hybridized carbons (Fsp3) is 0.364. The third kappa shape index (κ3) is 3.23. The Kier molecular flexibility index (Phi) is 4.15. The van der Waals surface area contributed by atoms with Crippen LogP contribution in [-0.2, 0) is 11.2 Å². The number of hydrogen-bond acceptors (Lipinski definition) is 2. The minimum atomic E-state index is -0.862. The molecule has 0 bridgehead atoms. The van der Waals surface area contributed by atoms with Gasteiger partial charge < -0.3 is 9.84 Å². The third-order valence-electron chi connectivity index (χ3n) is 2.10. The van der Waals surface area contributed by atoms with Gasteiger partial charge in [-0.05, 0) is 25.0 Å². The van der Waals surface area contributed by atoms with Gasteiger partial charge in [0.2, 0.25) is 0 Å². The Morgan fingerprint density at radius 1 is 1.60 bits per heavy atom. The molecule has 1 aromatic carbocycles. The Labute approximate surface area is 97.2 Å². The molecule has 0 saturated heterocycles. The number of methoxy groups -OCH3 is 1. The monoisotopic (exact) mass is 272 g/mol. The van der Waals surface area contributed by atoms with Crippen LogP contribution in [0.4, 0.5) is 0 Å². The highest BCUT2D eigenvalue weighted by atomic mass is 79.9. The van der Waals surface area contributed by atoms with E-state index in [4.69, 9.17) is 9.84 Å². The predicted octanol–water partition coefficient (Wildman–Crippen LogP) is 2.39. The molecule has 0 saturated carbocycles. The summed E-state index contributed by atoms with van der Waals surface area (Å²) >= 11 is 3.11. The van der Waals surface area contributed by atoms with Gasteiger partial charge in [0.25, 0.3) is 0 Å². The zero-order chi connectivity index (χ0) is 11.4. The van der Waals surface area contributed by atoms with Gasteiger partial charge in [0, 0.05) is 0 Å². The largest absolute Gasteiger partial charge is 0.496 e. The van der Waals surface area contributed by atoms with Gasteiger partial charge in [-0.2, -0.15) is 0 Å². The van der Waals surface area contributed by atoms with Crippen molar-refractivity contribution in [2.75, 3.05) is 7.11 Å². The minimum Gasteiger partial charge on any atom is -0.496 e. The molecule has 0 aliphatic carbocycles. The van der Waals surface area contributed by atoms with Crippen LogP contribution in [0.3, 0.4) is 0 Å². The van der Waals surface area contributed by atoms with Crippen LogP contribution in [-0.4, -0.2) is 23.0 Å². The summed E-state index contributed by atoms with van der Waals surface area (Å²) < 4.78 is 5.17. The fourth-order valence-corrected chi connectivity index (χ4v) is 1.70. The molecule has 0 radical (unpaired) electrons. The van der Waals surface area contributed by atoms with E-state index in [0.717, 1.165) is 16.9 Å². The number of carbonyl (C=O) groups is 1. The molecular formula is C11H13BrO3. The molecule has 0 unspecified atom stereocenters. The number of aryl methyl sites for hydroxylation is 1. The van der Waals surface area contributed by atoms with E-state index in [-0.39, 0.29) is 0 Å². The smallest absolute Gasteiger partial charge is 0.317 e. The number of halogens is 1. The first-order valence-corrected chi connectivity index (χ1v) is 5.46. The summed E-state index contributed by atoms with van der Waals surface area (Å²) in [7, 11) is 1.58. The van der Waals surface area contributed by atoms with Gasteiger partial charge in [-0.1, -0.05) is 33.6 Å². The van der Waals surface area contributed by atoms with Crippen molar-refractivity contribution in [1.82, 2.24) is 0 Å². The van der Waals surface area contributed by atoms with E-state index in [9.17, 15) is 4.79 Å². The molecule has 1 aromatic rings. The molecule has 4 heteroatoms. The molecule has 0 aliphatic heterocycles. The lowest BCUT2D eigenvalue weighted by Gasteiger charge is -2.10. The number of rotatable bonds is 4. The second-order valence-electron chi connectivity index (χ2n) is 3.33. The summed E-state index contributed by atoms with van der Waals surface area (Å²) in [6.45, 7) is 1.97. The average molecular weight is 273 g/mol. The summed E-state index contributed by atoms with van der Waals surface area (Å²) in [6.07, 6.45) is 0.417. The predicted molar refractivity (Wildman–Crippen MR) is 61.8 cm³/mol. The summed E-state index contributed by atoms with van der Waals surface area (Å²) in [6, 6.07) is 5.73. The zero-order valence-corrected chi connectivity index (χ0v) is 10.2. The molecule has 1 N–H and O–H groups in total. The van der Waals surface area contributed by atoms with Crippen LogP contribution >= 0.6 is 15.9 Å². The second kappa shape index (κ2) is 5.16. The highest BCUT2D eigenvalue weighted by molar-refractivity contribution is 9.10. The molecule has 0 aliphatic rings. The van der Waals surface area contributed by atoms with Crippen molar-refractivity contribution in [2.45, 2.75) is 18.2 Å². The number of ether oxygens (including phenoxy) is 1. The van der Waals surface area contributed by atoms with E-state index in [1.807, 2.05) is 25.1 Å². The van der Waals surface area contributed by atoms with Gasteiger partial charge in [-0.25, -0.2) is 0 Å². The maximum absolute atomic E-state index is 10.7. The van der Waals surface area contributed by atoms with Crippen LogP contribution in [0.15, 0.2) is 18.2 Å². The number of benzene rings is 1. The van der Waals surface area contributed by atoms with Crippen molar-refractivity contribution in [3.05, 3.63) is 29.3 Å². The van der Waals surface area contributed by atoms with Gasteiger partial charge in [0.15, 0.2) is 0 Å². The van der Waals surface area contributed by atoms with E-state index in [1.54, 1.807) is 7.11 Å². The molecule has 1 rings (SSSR count). The van der Waals surface area contributed by atoms with Crippen molar-refractivity contribution < 1.29 is 14.6 Å². The normalized spacial score (nSPS) is 12.2. The Morgan fingerprint density at radius 2 is 2.27 bits per heavy atom. The fourth-order valence-electron chi connectivity index (χ4n) is 1.35. The topological polar surface area (TPSA) is 46.5 Å². The molecule has 0 fully saturated rings. The van der Waals surface area contributed by atoms with E-state index < -0.39 is 10.8 Å². The Balaban J connectivity index is 2.91.